The van der Waals surface area contributed by atoms with Crippen LogP contribution in [-0.2, 0) is 16.6 Å². The van der Waals surface area contributed by atoms with Crippen LogP contribution in [0.1, 0.15) is 61.0 Å². The van der Waals surface area contributed by atoms with Crippen molar-refractivity contribution in [3.05, 3.63) is 64.2 Å². The van der Waals surface area contributed by atoms with Gasteiger partial charge < -0.3 is 10.2 Å². The minimum atomic E-state index is -0.338. The number of likely N-dealkylation sites (tertiary alicyclic amines) is 1. The average molecular weight is 439 g/mol. The van der Waals surface area contributed by atoms with Crippen LogP contribution in [0, 0.1) is 5.92 Å². The van der Waals surface area contributed by atoms with Gasteiger partial charge in [0.1, 0.15) is 0 Å². The topological polar surface area (TPSA) is 49.4 Å². The van der Waals surface area contributed by atoms with Crippen LogP contribution in [0.4, 0.5) is 5.69 Å². The molecule has 0 spiro atoms. The summed E-state index contributed by atoms with van der Waals surface area (Å²) in [5.74, 6) is 0.626. The van der Waals surface area contributed by atoms with E-state index < -0.39 is 0 Å². The van der Waals surface area contributed by atoms with Gasteiger partial charge >= 0.3 is 0 Å². The zero-order chi connectivity index (χ0) is 22.0. The summed E-state index contributed by atoms with van der Waals surface area (Å²) < 4.78 is 0. The number of nitrogens with one attached hydrogen (secondary N) is 1. The second-order valence-electron chi connectivity index (χ2n) is 9.66. The number of halogens is 1. The molecule has 2 heterocycles. The van der Waals surface area contributed by atoms with Crippen molar-refractivity contribution in [1.82, 2.24) is 4.90 Å². The molecule has 2 aromatic rings. The van der Waals surface area contributed by atoms with E-state index in [1.165, 1.54) is 18.4 Å². The highest BCUT2D eigenvalue weighted by Crippen LogP contribution is 2.41. The standard InChI is InChI=1S/C26H31ClN2O2/c1-26(2)16-24(31)28-25-21(14-20(27)15-22(25)26)23(30)10-12-29-11-6-9-19(17-29)13-18-7-4-3-5-8-18/h3-5,7-8,14-15,19H,6,9-13,16-17H2,1-2H3,(H,28,31)/t19-/m0/s1. The highest BCUT2D eigenvalue weighted by molar-refractivity contribution is 6.31. The molecule has 5 heteroatoms. The summed E-state index contributed by atoms with van der Waals surface area (Å²) in [6.45, 7) is 6.85. The molecule has 1 saturated heterocycles. The SMILES string of the molecule is CC1(C)CC(=O)Nc2c(C(=O)CCN3CCC[C@@H](Cc4ccccc4)C3)cc(Cl)cc21. The lowest BCUT2D eigenvalue weighted by Gasteiger charge is -2.34. The maximum Gasteiger partial charge on any atom is 0.225 e. The number of ketones is 1. The van der Waals surface area contributed by atoms with Gasteiger partial charge in [0.05, 0.1) is 5.69 Å². The van der Waals surface area contributed by atoms with Crippen molar-refractivity contribution in [2.24, 2.45) is 5.92 Å². The molecule has 1 fully saturated rings. The molecule has 164 valence electrons. The van der Waals surface area contributed by atoms with Crippen molar-refractivity contribution in [2.75, 3.05) is 25.0 Å². The lowest BCUT2D eigenvalue weighted by molar-refractivity contribution is -0.117. The number of hydrogen-bond acceptors (Lipinski definition) is 3. The Labute approximate surface area is 190 Å². The Morgan fingerprint density at radius 2 is 2.00 bits per heavy atom. The van der Waals surface area contributed by atoms with E-state index in [1.807, 2.05) is 19.9 Å². The Bertz CT molecular complexity index is 971. The zero-order valence-corrected chi connectivity index (χ0v) is 19.2. The molecular formula is C26H31ClN2O2. The van der Waals surface area contributed by atoms with E-state index in [-0.39, 0.29) is 17.1 Å². The van der Waals surface area contributed by atoms with Crippen LogP contribution in [0.2, 0.25) is 5.02 Å². The number of carbonyl (C=O) groups excluding carboxylic acids is 2. The molecule has 0 radical (unpaired) electrons. The number of amides is 1. The Morgan fingerprint density at radius 3 is 2.77 bits per heavy atom. The number of anilines is 1. The van der Waals surface area contributed by atoms with Crippen LogP contribution in [0.25, 0.3) is 0 Å². The summed E-state index contributed by atoms with van der Waals surface area (Å²) in [6.07, 6.45) is 4.32. The molecule has 0 bridgehead atoms. The smallest absolute Gasteiger partial charge is 0.225 e. The van der Waals surface area contributed by atoms with Gasteiger partial charge in [0, 0.05) is 41.9 Å². The number of fused-ring (bicyclic) bond motifs is 1. The molecule has 4 rings (SSSR count). The highest BCUT2D eigenvalue weighted by Gasteiger charge is 2.34. The predicted octanol–water partition coefficient (Wildman–Crippen LogP) is 5.49. The number of carbonyl (C=O) groups is 2. The van der Waals surface area contributed by atoms with E-state index in [9.17, 15) is 9.59 Å². The molecule has 1 amide bonds. The maximum absolute atomic E-state index is 13.2. The van der Waals surface area contributed by atoms with E-state index in [1.54, 1.807) is 6.07 Å². The first-order valence-corrected chi connectivity index (χ1v) is 11.6. The van der Waals surface area contributed by atoms with Crippen molar-refractivity contribution in [3.63, 3.8) is 0 Å². The van der Waals surface area contributed by atoms with Crippen LogP contribution in [0.3, 0.4) is 0 Å². The fourth-order valence-corrected chi connectivity index (χ4v) is 5.26. The predicted molar refractivity (Wildman–Crippen MR) is 126 cm³/mol. The van der Waals surface area contributed by atoms with E-state index in [0.717, 1.165) is 31.6 Å². The minimum absolute atomic E-state index is 0.0435. The second kappa shape index (κ2) is 9.13. The molecule has 2 aromatic carbocycles. The molecule has 4 nitrogen and oxygen atoms in total. The van der Waals surface area contributed by atoms with Crippen LogP contribution in [-0.4, -0.2) is 36.2 Å². The van der Waals surface area contributed by atoms with Crippen molar-refractivity contribution in [3.8, 4) is 0 Å². The average Bonchev–Trinajstić information content (AvgIpc) is 2.73. The van der Waals surface area contributed by atoms with Crippen LogP contribution >= 0.6 is 11.6 Å². The number of Topliss-reactive ketones (excluding diaryl/α,β-unsaturated/α-hetero) is 1. The number of rotatable bonds is 6. The van der Waals surface area contributed by atoms with Crippen molar-refractivity contribution < 1.29 is 9.59 Å². The number of nitrogens with zero attached hydrogens (tertiary/aromatic N) is 1. The molecule has 2 aliphatic heterocycles. The first-order chi connectivity index (χ1) is 14.8. The summed E-state index contributed by atoms with van der Waals surface area (Å²) in [7, 11) is 0. The Morgan fingerprint density at radius 1 is 1.23 bits per heavy atom. The maximum atomic E-state index is 13.2. The summed E-state index contributed by atoms with van der Waals surface area (Å²) in [5.41, 5.74) is 3.19. The molecule has 0 unspecified atom stereocenters. The minimum Gasteiger partial charge on any atom is -0.325 e. The molecule has 31 heavy (non-hydrogen) atoms. The van der Waals surface area contributed by atoms with Crippen LogP contribution < -0.4 is 5.32 Å². The van der Waals surface area contributed by atoms with E-state index in [2.05, 4.69) is 40.5 Å². The monoisotopic (exact) mass is 438 g/mol. The number of benzene rings is 2. The lowest BCUT2D eigenvalue weighted by Crippen LogP contribution is -2.37. The molecular weight excluding hydrogens is 408 g/mol. The van der Waals surface area contributed by atoms with Crippen molar-refractivity contribution in [2.45, 2.75) is 51.4 Å². The van der Waals surface area contributed by atoms with E-state index in [0.29, 0.717) is 35.0 Å². The van der Waals surface area contributed by atoms with Gasteiger partial charge in [-0.25, -0.2) is 0 Å². The summed E-state index contributed by atoms with van der Waals surface area (Å²) in [4.78, 5) is 27.8. The van der Waals surface area contributed by atoms with Gasteiger partial charge in [-0.15, -0.1) is 0 Å². The first kappa shape index (κ1) is 22.0. The molecule has 0 aromatic heterocycles. The summed E-state index contributed by atoms with van der Waals surface area (Å²) >= 11 is 6.36. The van der Waals surface area contributed by atoms with Gasteiger partial charge in [0.25, 0.3) is 0 Å². The van der Waals surface area contributed by atoms with Gasteiger partial charge in [-0.3, -0.25) is 9.59 Å². The van der Waals surface area contributed by atoms with E-state index >= 15 is 0 Å². The molecule has 0 saturated carbocycles. The quantitative estimate of drug-likeness (QED) is 0.607. The molecule has 0 aliphatic carbocycles. The third-order valence-electron chi connectivity index (χ3n) is 6.62. The van der Waals surface area contributed by atoms with Crippen LogP contribution in [0.15, 0.2) is 42.5 Å². The Balaban J connectivity index is 1.42. The molecule has 1 N–H and O–H groups in total. The highest BCUT2D eigenvalue weighted by atomic mass is 35.5. The van der Waals surface area contributed by atoms with Crippen molar-refractivity contribution in [1.29, 1.82) is 0 Å². The molecule has 2 aliphatic rings. The van der Waals surface area contributed by atoms with Gasteiger partial charge in [-0.1, -0.05) is 55.8 Å². The normalized spacial score (nSPS) is 20.7. The lowest BCUT2D eigenvalue weighted by atomic mass is 9.76. The Kier molecular flexibility index (Phi) is 6.49. The summed E-state index contributed by atoms with van der Waals surface area (Å²) in [6, 6.07) is 14.2. The van der Waals surface area contributed by atoms with Gasteiger partial charge in [-0.2, -0.15) is 0 Å². The zero-order valence-electron chi connectivity index (χ0n) is 18.4. The first-order valence-electron chi connectivity index (χ1n) is 11.3. The largest absolute Gasteiger partial charge is 0.325 e. The van der Waals surface area contributed by atoms with Gasteiger partial charge in [0.2, 0.25) is 5.91 Å². The van der Waals surface area contributed by atoms with Gasteiger partial charge in [0.15, 0.2) is 5.78 Å². The second-order valence-corrected chi connectivity index (χ2v) is 10.1. The Hall–Kier alpha value is -2.17. The fraction of sp³-hybridized carbons (Fsp3) is 0.462. The third-order valence-corrected chi connectivity index (χ3v) is 6.84. The van der Waals surface area contributed by atoms with E-state index in [4.69, 9.17) is 11.6 Å². The third kappa shape index (κ3) is 5.19. The number of hydrogen-bond donors (Lipinski definition) is 1. The van der Waals surface area contributed by atoms with Gasteiger partial charge in [-0.05, 0) is 55.0 Å². The van der Waals surface area contributed by atoms with Crippen LogP contribution in [0.5, 0.6) is 0 Å². The molecule has 1 atom stereocenters. The van der Waals surface area contributed by atoms with Crippen molar-refractivity contribution >= 4 is 29.0 Å². The fourth-order valence-electron chi connectivity index (χ4n) is 5.04. The summed E-state index contributed by atoms with van der Waals surface area (Å²) in [5, 5.41) is 3.48. The number of piperidine rings is 1.